The molecule has 2 heterocycles. The molecule has 0 radical (unpaired) electrons. The van der Waals surface area contributed by atoms with E-state index in [0.29, 0.717) is 24.5 Å². The summed E-state index contributed by atoms with van der Waals surface area (Å²) in [5, 5.41) is 3.61. The second-order valence-corrected chi connectivity index (χ2v) is 5.97. The number of amides is 1. The van der Waals surface area contributed by atoms with Gasteiger partial charge in [0.05, 0.1) is 0 Å². The van der Waals surface area contributed by atoms with Crippen molar-refractivity contribution in [1.82, 2.24) is 10.2 Å². The van der Waals surface area contributed by atoms with E-state index in [-0.39, 0.29) is 5.91 Å². The van der Waals surface area contributed by atoms with Crippen LogP contribution < -0.4 is 5.32 Å². The fourth-order valence-corrected chi connectivity index (χ4v) is 3.27. The molecule has 104 valence electrons. The average Bonchev–Trinajstić information content (AvgIpc) is 2.74. The number of hydrogen-bond acceptors (Lipinski definition) is 3. The van der Waals surface area contributed by atoms with Gasteiger partial charge in [0.25, 0.3) is 5.91 Å². The van der Waals surface area contributed by atoms with E-state index in [4.69, 9.17) is 4.74 Å². The Hall–Kier alpha value is -0.610. The van der Waals surface area contributed by atoms with Crippen LogP contribution in [-0.2, 0) is 9.53 Å². The van der Waals surface area contributed by atoms with Crippen LogP contribution in [0, 0.1) is 0 Å². The lowest BCUT2D eigenvalue weighted by molar-refractivity contribution is -0.154. The maximum absolute atomic E-state index is 12.5. The van der Waals surface area contributed by atoms with Crippen molar-refractivity contribution in [3.05, 3.63) is 0 Å². The Morgan fingerprint density at radius 3 is 2.39 bits per heavy atom. The number of nitrogens with one attached hydrogen (secondary N) is 1. The first-order chi connectivity index (χ1) is 8.50. The van der Waals surface area contributed by atoms with E-state index in [2.05, 4.69) is 5.32 Å². The van der Waals surface area contributed by atoms with Crippen molar-refractivity contribution in [1.29, 1.82) is 0 Å². The molecule has 1 N–H and O–H groups in total. The molecule has 3 unspecified atom stereocenters. The van der Waals surface area contributed by atoms with E-state index in [1.807, 2.05) is 25.8 Å². The van der Waals surface area contributed by atoms with Crippen LogP contribution >= 0.6 is 0 Å². The van der Waals surface area contributed by atoms with E-state index >= 15 is 0 Å². The van der Waals surface area contributed by atoms with Crippen LogP contribution in [0.5, 0.6) is 0 Å². The molecule has 0 saturated carbocycles. The number of rotatable bonds is 4. The van der Waals surface area contributed by atoms with E-state index in [0.717, 1.165) is 12.8 Å². The molecule has 4 nitrogen and oxygen atoms in total. The Morgan fingerprint density at radius 2 is 1.94 bits per heavy atom. The predicted octanol–water partition coefficient (Wildman–Crippen LogP) is 1.54. The third kappa shape index (κ3) is 2.41. The fraction of sp³-hybridized carbons (Fsp3) is 0.929. The van der Waals surface area contributed by atoms with E-state index in [1.165, 1.54) is 12.8 Å². The number of carbonyl (C=O) groups is 1. The molecule has 0 aromatic heterocycles. The number of likely N-dealkylation sites (N-methyl/N-ethyl adjacent to an activating group) is 1. The highest BCUT2D eigenvalue weighted by atomic mass is 16.5. The number of fused-ring (bicyclic) bond motifs is 2. The quantitative estimate of drug-likeness (QED) is 0.827. The number of nitrogens with zero attached hydrogens (tertiary/aromatic N) is 1. The van der Waals surface area contributed by atoms with Crippen molar-refractivity contribution >= 4 is 5.91 Å². The van der Waals surface area contributed by atoms with Gasteiger partial charge in [0, 0.05) is 32.3 Å². The molecule has 1 amide bonds. The lowest BCUT2D eigenvalue weighted by Gasteiger charge is -2.39. The normalized spacial score (nSPS) is 34.1. The summed E-state index contributed by atoms with van der Waals surface area (Å²) in [6.07, 6.45) is 5.41. The van der Waals surface area contributed by atoms with Crippen molar-refractivity contribution in [2.45, 2.75) is 69.7 Å². The van der Waals surface area contributed by atoms with Crippen LogP contribution in [0.3, 0.4) is 0 Å². The smallest absolute Gasteiger partial charge is 0.254 e. The number of hydrogen-bond donors (Lipinski definition) is 1. The Morgan fingerprint density at radius 1 is 1.39 bits per heavy atom. The van der Waals surface area contributed by atoms with Crippen LogP contribution in [0.1, 0.15) is 46.0 Å². The molecule has 0 aromatic carbocycles. The summed E-state index contributed by atoms with van der Waals surface area (Å²) in [5.41, 5.74) is -0.668. The predicted molar refractivity (Wildman–Crippen MR) is 71.4 cm³/mol. The molecular formula is C14H26N2O2. The Kier molecular flexibility index (Phi) is 3.97. The fourth-order valence-electron chi connectivity index (χ4n) is 3.27. The molecule has 2 aliphatic heterocycles. The molecule has 2 bridgehead atoms. The minimum atomic E-state index is -0.668. The Bertz CT molecular complexity index is 303. The van der Waals surface area contributed by atoms with Crippen LogP contribution in [-0.4, -0.2) is 48.7 Å². The molecule has 2 fully saturated rings. The van der Waals surface area contributed by atoms with Gasteiger partial charge >= 0.3 is 0 Å². The van der Waals surface area contributed by atoms with Crippen LogP contribution in [0.15, 0.2) is 0 Å². The minimum Gasteiger partial charge on any atom is -0.369 e. The summed E-state index contributed by atoms with van der Waals surface area (Å²) in [4.78, 5) is 14.5. The van der Waals surface area contributed by atoms with Gasteiger partial charge in [-0.3, -0.25) is 4.79 Å². The second kappa shape index (κ2) is 5.17. The molecule has 2 rings (SSSR count). The summed E-state index contributed by atoms with van der Waals surface area (Å²) in [6, 6.07) is 1.59. The zero-order chi connectivity index (χ0) is 13.3. The van der Waals surface area contributed by atoms with Crippen molar-refractivity contribution < 1.29 is 9.53 Å². The summed E-state index contributed by atoms with van der Waals surface area (Å²) in [7, 11) is 3.56. The Labute approximate surface area is 110 Å². The molecule has 2 saturated heterocycles. The highest BCUT2D eigenvalue weighted by molar-refractivity contribution is 5.84. The van der Waals surface area contributed by atoms with Crippen LogP contribution in [0.4, 0.5) is 0 Å². The van der Waals surface area contributed by atoms with Gasteiger partial charge in [0.15, 0.2) is 0 Å². The first-order valence-corrected chi connectivity index (χ1v) is 7.08. The van der Waals surface area contributed by atoms with E-state index < -0.39 is 5.60 Å². The molecule has 0 aliphatic carbocycles. The third-order valence-corrected chi connectivity index (χ3v) is 4.89. The summed E-state index contributed by atoms with van der Waals surface area (Å²) in [5.74, 6) is 0.124. The summed E-state index contributed by atoms with van der Waals surface area (Å²) >= 11 is 0. The average molecular weight is 254 g/mol. The molecule has 18 heavy (non-hydrogen) atoms. The van der Waals surface area contributed by atoms with Gasteiger partial charge in [-0.05, 0) is 39.0 Å². The van der Waals surface area contributed by atoms with Gasteiger partial charge < -0.3 is 15.0 Å². The zero-order valence-electron chi connectivity index (χ0n) is 12.0. The van der Waals surface area contributed by atoms with Crippen LogP contribution in [0.2, 0.25) is 0 Å². The van der Waals surface area contributed by atoms with Gasteiger partial charge in [-0.2, -0.15) is 0 Å². The monoisotopic (exact) mass is 254 g/mol. The second-order valence-electron chi connectivity index (χ2n) is 5.97. The SMILES string of the molecule is CCC(C)(OC)C(=O)N(C)C1CC2CCC(C1)N2. The number of methoxy groups -OCH3 is 1. The number of ether oxygens (including phenoxy) is 1. The molecule has 0 spiro atoms. The van der Waals surface area contributed by atoms with Crippen molar-refractivity contribution in [3.8, 4) is 0 Å². The maximum atomic E-state index is 12.5. The Balaban J connectivity index is 2.02. The topological polar surface area (TPSA) is 41.6 Å². The highest BCUT2D eigenvalue weighted by Gasteiger charge is 2.40. The molecule has 2 aliphatic rings. The molecule has 4 heteroatoms. The molecule has 3 atom stereocenters. The summed E-state index contributed by atoms with van der Waals surface area (Å²) < 4.78 is 5.42. The standard InChI is InChI=1S/C14H26N2O2/c1-5-14(2,18-4)13(17)16(3)12-8-10-6-7-11(9-12)15-10/h10-12,15H,5-9H2,1-4H3. The highest BCUT2D eigenvalue weighted by Crippen LogP contribution is 2.30. The van der Waals surface area contributed by atoms with Crippen molar-refractivity contribution in [2.75, 3.05) is 14.2 Å². The van der Waals surface area contributed by atoms with Crippen LogP contribution in [0.25, 0.3) is 0 Å². The first kappa shape index (κ1) is 13.8. The maximum Gasteiger partial charge on any atom is 0.254 e. The van der Waals surface area contributed by atoms with Gasteiger partial charge in [-0.1, -0.05) is 6.92 Å². The molecule has 0 aromatic rings. The van der Waals surface area contributed by atoms with E-state index in [9.17, 15) is 4.79 Å². The minimum absolute atomic E-state index is 0.124. The van der Waals surface area contributed by atoms with Gasteiger partial charge in [0.2, 0.25) is 0 Å². The molecular weight excluding hydrogens is 228 g/mol. The van der Waals surface area contributed by atoms with Crippen molar-refractivity contribution in [3.63, 3.8) is 0 Å². The number of carbonyl (C=O) groups excluding carboxylic acids is 1. The first-order valence-electron chi connectivity index (χ1n) is 7.08. The number of piperidine rings is 1. The van der Waals surface area contributed by atoms with Gasteiger partial charge in [0.1, 0.15) is 5.60 Å². The lowest BCUT2D eigenvalue weighted by Crippen LogP contribution is -2.54. The largest absolute Gasteiger partial charge is 0.369 e. The zero-order valence-corrected chi connectivity index (χ0v) is 12.0. The van der Waals surface area contributed by atoms with Gasteiger partial charge in [-0.25, -0.2) is 0 Å². The summed E-state index contributed by atoms with van der Waals surface area (Å²) in [6.45, 7) is 3.89. The van der Waals surface area contributed by atoms with Crippen molar-refractivity contribution in [2.24, 2.45) is 0 Å². The van der Waals surface area contributed by atoms with Gasteiger partial charge in [-0.15, -0.1) is 0 Å². The van der Waals surface area contributed by atoms with E-state index in [1.54, 1.807) is 7.11 Å². The lowest BCUT2D eigenvalue weighted by atomic mass is 9.95. The third-order valence-electron chi connectivity index (χ3n) is 4.89.